The van der Waals surface area contributed by atoms with E-state index in [1.165, 1.54) is 0 Å². The summed E-state index contributed by atoms with van der Waals surface area (Å²) in [5.74, 6) is 0.750. The molecule has 2 rings (SSSR count). The van der Waals surface area contributed by atoms with Crippen LogP contribution in [0.2, 0.25) is 0 Å². The van der Waals surface area contributed by atoms with E-state index >= 15 is 0 Å². The summed E-state index contributed by atoms with van der Waals surface area (Å²) in [7, 11) is 0. The average Bonchev–Trinajstić information content (AvgIpc) is 2.84. The van der Waals surface area contributed by atoms with Gasteiger partial charge in [0.25, 0.3) is 0 Å². The molecular formula is C13H25NO. The third-order valence-corrected chi connectivity index (χ3v) is 4.75. The fourth-order valence-electron chi connectivity index (χ4n) is 3.06. The highest BCUT2D eigenvalue weighted by Crippen LogP contribution is 2.52. The van der Waals surface area contributed by atoms with Gasteiger partial charge in [-0.1, -0.05) is 20.8 Å². The van der Waals surface area contributed by atoms with Gasteiger partial charge >= 0.3 is 0 Å². The largest absolute Gasteiger partial charge is 0.388 e. The van der Waals surface area contributed by atoms with E-state index in [-0.39, 0.29) is 5.54 Å². The Morgan fingerprint density at radius 1 is 1.07 bits per heavy atom. The van der Waals surface area contributed by atoms with Crippen molar-refractivity contribution >= 4 is 0 Å². The first kappa shape index (κ1) is 11.4. The van der Waals surface area contributed by atoms with Crippen LogP contribution in [0.1, 0.15) is 59.3 Å². The zero-order valence-corrected chi connectivity index (χ0v) is 10.3. The van der Waals surface area contributed by atoms with E-state index in [0.717, 1.165) is 44.4 Å². The first-order valence-electron chi connectivity index (χ1n) is 6.28. The molecule has 2 aliphatic rings. The molecule has 0 unspecified atom stereocenters. The second-order valence-corrected chi connectivity index (χ2v) is 6.83. The summed E-state index contributed by atoms with van der Waals surface area (Å²) >= 11 is 0. The van der Waals surface area contributed by atoms with Crippen LogP contribution < -0.4 is 5.73 Å². The quantitative estimate of drug-likeness (QED) is 0.700. The Kier molecular flexibility index (Phi) is 2.44. The van der Waals surface area contributed by atoms with Gasteiger partial charge in [0, 0.05) is 5.54 Å². The van der Waals surface area contributed by atoms with Crippen LogP contribution in [0.3, 0.4) is 0 Å². The summed E-state index contributed by atoms with van der Waals surface area (Å²) in [6.45, 7) is 6.91. The highest BCUT2D eigenvalue weighted by atomic mass is 16.3. The topological polar surface area (TPSA) is 46.2 Å². The van der Waals surface area contributed by atoms with Gasteiger partial charge in [0.15, 0.2) is 0 Å². The molecule has 0 spiro atoms. The summed E-state index contributed by atoms with van der Waals surface area (Å²) in [6, 6.07) is 0. The maximum absolute atomic E-state index is 10.5. The van der Waals surface area contributed by atoms with Gasteiger partial charge in [0.2, 0.25) is 0 Å². The Hall–Kier alpha value is -0.0800. The van der Waals surface area contributed by atoms with Crippen LogP contribution in [-0.2, 0) is 0 Å². The van der Waals surface area contributed by atoms with Crippen molar-refractivity contribution < 1.29 is 5.11 Å². The zero-order valence-electron chi connectivity index (χ0n) is 10.3. The number of hydrogen-bond donors (Lipinski definition) is 2. The molecule has 0 bridgehead atoms. The first-order chi connectivity index (χ1) is 6.77. The predicted octanol–water partition coefficient (Wildman–Crippen LogP) is 2.45. The lowest BCUT2D eigenvalue weighted by molar-refractivity contribution is -0.0523. The number of rotatable bonds is 1. The van der Waals surface area contributed by atoms with E-state index in [2.05, 4.69) is 20.8 Å². The molecule has 2 aliphatic carbocycles. The molecule has 0 amide bonds. The van der Waals surface area contributed by atoms with Gasteiger partial charge in [0.05, 0.1) is 5.60 Å². The van der Waals surface area contributed by atoms with Crippen molar-refractivity contribution in [1.82, 2.24) is 0 Å². The molecule has 2 nitrogen and oxygen atoms in total. The second-order valence-electron chi connectivity index (χ2n) is 6.83. The van der Waals surface area contributed by atoms with Gasteiger partial charge in [-0.15, -0.1) is 0 Å². The highest BCUT2D eigenvalue weighted by Gasteiger charge is 2.56. The molecule has 3 N–H and O–H groups in total. The standard InChI is InChI=1S/C13H25NO/c1-11(2,3)10-4-6-13(15,7-5-10)12(14)8-9-12/h10,15H,4-9,14H2,1-3H3. The molecule has 0 aromatic heterocycles. The molecule has 88 valence electrons. The van der Waals surface area contributed by atoms with Gasteiger partial charge in [-0.2, -0.15) is 0 Å². The Labute approximate surface area is 93.2 Å². The van der Waals surface area contributed by atoms with E-state index in [1.54, 1.807) is 0 Å². The first-order valence-corrected chi connectivity index (χ1v) is 6.28. The third kappa shape index (κ3) is 1.94. The van der Waals surface area contributed by atoms with Crippen molar-refractivity contribution in [3.8, 4) is 0 Å². The van der Waals surface area contributed by atoms with E-state index in [4.69, 9.17) is 5.73 Å². The average molecular weight is 211 g/mol. The van der Waals surface area contributed by atoms with Crippen molar-refractivity contribution in [1.29, 1.82) is 0 Å². The minimum Gasteiger partial charge on any atom is -0.388 e. The lowest BCUT2D eigenvalue weighted by Gasteiger charge is -2.44. The minimum absolute atomic E-state index is 0.226. The van der Waals surface area contributed by atoms with Crippen molar-refractivity contribution in [2.24, 2.45) is 17.1 Å². The van der Waals surface area contributed by atoms with Gasteiger partial charge in [-0.05, 0) is 49.9 Å². The van der Waals surface area contributed by atoms with Crippen LogP contribution in [0.25, 0.3) is 0 Å². The molecular weight excluding hydrogens is 186 g/mol. The fourth-order valence-corrected chi connectivity index (χ4v) is 3.06. The lowest BCUT2D eigenvalue weighted by atomic mass is 9.66. The predicted molar refractivity (Wildman–Crippen MR) is 62.5 cm³/mol. The highest BCUT2D eigenvalue weighted by molar-refractivity contribution is 5.14. The summed E-state index contributed by atoms with van der Waals surface area (Å²) in [5.41, 5.74) is 5.77. The zero-order chi connectivity index (χ0) is 11.3. The molecule has 2 heteroatoms. The van der Waals surface area contributed by atoms with Crippen LogP contribution in [0.4, 0.5) is 0 Å². The van der Waals surface area contributed by atoms with Gasteiger partial charge in [-0.3, -0.25) is 0 Å². The van der Waals surface area contributed by atoms with Crippen molar-refractivity contribution in [2.75, 3.05) is 0 Å². The maximum Gasteiger partial charge on any atom is 0.0826 e. The Balaban J connectivity index is 1.97. The monoisotopic (exact) mass is 211 g/mol. The van der Waals surface area contributed by atoms with E-state index < -0.39 is 5.60 Å². The number of nitrogens with two attached hydrogens (primary N) is 1. The normalized spacial score (nSPS) is 40.2. The van der Waals surface area contributed by atoms with Gasteiger partial charge in [-0.25, -0.2) is 0 Å². The fraction of sp³-hybridized carbons (Fsp3) is 1.00. The van der Waals surface area contributed by atoms with Crippen LogP contribution >= 0.6 is 0 Å². The molecule has 0 aromatic rings. The molecule has 15 heavy (non-hydrogen) atoms. The number of hydrogen-bond acceptors (Lipinski definition) is 2. The second kappa shape index (κ2) is 3.21. The smallest absolute Gasteiger partial charge is 0.0826 e. The lowest BCUT2D eigenvalue weighted by Crippen LogP contribution is -2.53. The molecule has 0 radical (unpaired) electrons. The summed E-state index contributed by atoms with van der Waals surface area (Å²) in [5, 5.41) is 10.5. The van der Waals surface area contributed by atoms with E-state index in [9.17, 15) is 5.11 Å². The third-order valence-electron chi connectivity index (χ3n) is 4.75. The van der Waals surface area contributed by atoms with Crippen molar-refractivity contribution in [3.63, 3.8) is 0 Å². The summed E-state index contributed by atoms with van der Waals surface area (Å²) in [4.78, 5) is 0. The molecule has 0 atom stereocenters. The van der Waals surface area contributed by atoms with Gasteiger partial charge < -0.3 is 10.8 Å². The molecule has 0 aliphatic heterocycles. The molecule has 0 saturated heterocycles. The van der Waals surface area contributed by atoms with Crippen LogP contribution in [-0.4, -0.2) is 16.2 Å². The van der Waals surface area contributed by atoms with Crippen molar-refractivity contribution in [3.05, 3.63) is 0 Å². The summed E-state index contributed by atoms with van der Waals surface area (Å²) < 4.78 is 0. The minimum atomic E-state index is -0.547. The SMILES string of the molecule is CC(C)(C)C1CCC(O)(C2(N)CC2)CC1. The molecule has 0 aromatic carbocycles. The molecule has 0 heterocycles. The Morgan fingerprint density at radius 3 is 1.87 bits per heavy atom. The van der Waals surface area contributed by atoms with Crippen LogP contribution in [0.15, 0.2) is 0 Å². The number of aliphatic hydroxyl groups is 1. The van der Waals surface area contributed by atoms with Crippen LogP contribution in [0, 0.1) is 11.3 Å². The summed E-state index contributed by atoms with van der Waals surface area (Å²) in [6.07, 6.45) is 6.13. The van der Waals surface area contributed by atoms with Crippen LogP contribution in [0.5, 0.6) is 0 Å². The Morgan fingerprint density at radius 2 is 1.53 bits per heavy atom. The van der Waals surface area contributed by atoms with Crippen molar-refractivity contribution in [2.45, 2.75) is 70.4 Å². The molecule has 2 fully saturated rings. The van der Waals surface area contributed by atoms with E-state index in [1.807, 2.05) is 0 Å². The van der Waals surface area contributed by atoms with Gasteiger partial charge in [0.1, 0.15) is 0 Å². The Bertz CT molecular complexity index is 242. The van der Waals surface area contributed by atoms with E-state index in [0.29, 0.717) is 5.41 Å². The maximum atomic E-state index is 10.5. The molecule has 2 saturated carbocycles.